The quantitative estimate of drug-likeness (QED) is 0.779. The molecule has 6 heteroatoms. The minimum Gasteiger partial charge on any atom is -0.344 e. The Labute approximate surface area is 145 Å². The Hall–Kier alpha value is -3.02. The number of amides is 1. The molecule has 1 aromatic carbocycles. The van der Waals surface area contributed by atoms with Gasteiger partial charge in [0.2, 0.25) is 0 Å². The lowest BCUT2D eigenvalue weighted by atomic mass is 10.1. The van der Waals surface area contributed by atoms with Crippen LogP contribution in [0, 0.1) is 0 Å². The smallest absolute Gasteiger partial charge is 0.270 e. The predicted molar refractivity (Wildman–Crippen MR) is 93.5 cm³/mol. The number of aromatic nitrogens is 4. The largest absolute Gasteiger partial charge is 0.344 e. The molecule has 1 unspecified atom stereocenters. The predicted octanol–water partition coefficient (Wildman–Crippen LogP) is 3.03. The second kappa shape index (κ2) is 6.47. The van der Waals surface area contributed by atoms with Gasteiger partial charge < -0.3 is 5.32 Å². The first-order valence-electron chi connectivity index (χ1n) is 8.45. The van der Waals surface area contributed by atoms with E-state index in [9.17, 15) is 4.79 Å². The summed E-state index contributed by atoms with van der Waals surface area (Å²) in [5.74, 6) is 1.01. The molecule has 0 saturated heterocycles. The van der Waals surface area contributed by atoms with Crippen molar-refractivity contribution in [3.05, 3.63) is 72.1 Å². The average Bonchev–Trinajstić information content (AvgIpc) is 3.36. The molecule has 6 nitrogen and oxygen atoms in total. The number of nitrogens with zero attached hydrogens (tertiary/aromatic N) is 4. The summed E-state index contributed by atoms with van der Waals surface area (Å²) in [6.07, 6.45) is 7.51. The van der Waals surface area contributed by atoms with E-state index in [2.05, 4.69) is 20.4 Å². The first kappa shape index (κ1) is 15.5. The highest BCUT2D eigenvalue weighted by atomic mass is 16.1. The number of carbonyl (C=O) groups excluding carboxylic acids is 1. The highest BCUT2D eigenvalue weighted by Gasteiger charge is 2.27. The zero-order valence-electron chi connectivity index (χ0n) is 14.0. The Morgan fingerprint density at radius 1 is 1.20 bits per heavy atom. The van der Waals surface area contributed by atoms with Crippen LogP contribution in [-0.2, 0) is 0 Å². The molecule has 4 rings (SSSR count). The third-order valence-electron chi connectivity index (χ3n) is 4.35. The van der Waals surface area contributed by atoms with E-state index in [-0.39, 0.29) is 11.9 Å². The minimum atomic E-state index is -0.188. The Kier molecular flexibility index (Phi) is 4.01. The van der Waals surface area contributed by atoms with E-state index >= 15 is 0 Å². The van der Waals surface area contributed by atoms with Crippen LogP contribution in [0.15, 0.2) is 55.0 Å². The summed E-state index contributed by atoms with van der Waals surface area (Å²) >= 11 is 0. The van der Waals surface area contributed by atoms with E-state index in [4.69, 9.17) is 0 Å². The molecule has 1 amide bonds. The molecule has 126 valence electrons. The van der Waals surface area contributed by atoms with Gasteiger partial charge in [-0.3, -0.25) is 4.79 Å². The summed E-state index contributed by atoms with van der Waals surface area (Å²) in [6.45, 7) is 1.96. The van der Waals surface area contributed by atoms with Crippen LogP contribution in [0.4, 0.5) is 0 Å². The molecule has 1 fully saturated rings. The van der Waals surface area contributed by atoms with E-state index in [1.54, 1.807) is 23.1 Å². The zero-order valence-corrected chi connectivity index (χ0v) is 14.0. The highest BCUT2D eigenvalue weighted by Crippen LogP contribution is 2.37. The molecule has 0 bridgehead atoms. The SMILES string of the molecule is CC(NC(=O)c1ccnc(C2CC2)n1)c1ccccc1-n1cccn1. The highest BCUT2D eigenvalue weighted by molar-refractivity contribution is 5.92. The summed E-state index contributed by atoms with van der Waals surface area (Å²) in [5.41, 5.74) is 2.36. The number of nitrogens with one attached hydrogen (secondary N) is 1. The van der Waals surface area contributed by atoms with E-state index in [1.807, 2.05) is 43.5 Å². The lowest BCUT2D eigenvalue weighted by molar-refractivity contribution is 0.0934. The van der Waals surface area contributed by atoms with Crippen LogP contribution in [-0.4, -0.2) is 25.7 Å². The second-order valence-electron chi connectivity index (χ2n) is 6.28. The van der Waals surface area contributed by atoms with Crippen LogP contribution in [0.25, 0.3) is 5.69 Å². The fraction of sp³-hybridized carbons (Fsp3) is 0.263. The van der Waals surface area contributed by atoms with E-state index < -0.39 is 0 Å². The van der Waals surface area contributed by atoms with Crippen LogP contribution in [0.5, 0.6) is 0 Å². The second-order valence-corrected chi connectivity index (χ2v) is 6.28. The van der Waals surface area contributed by atoms with Crippen molar-refractivity contribution in [1.82, 2.24) is 25.1 Å². The average molecular weight is 333 g/mol. The van der Waals surface area contributed by atoms with Gasteiger partial charge in [0.05, 0.1) is 11.7 Å². The van der Waals surface area contributed by atoms with Crippen molar-refractivity contribution in [3.8, 4) is 5.69 Å². The molecule has 1 N–H and O–H groups in total. The Balaban J connectivity index is 1.55. The Morgan fingerprint density at radius 2 is 2.04 bits per heavy atom. The van der Waals surface area contributed by atoms with Gasteiger partial charge in [0, 0.05) is 24.5 Å². The van der Waals surface area contributed by atoms with Gasteiger partial charge in [0.1, 0.15) is 11.5 Å². The van der Waals surface area contributed by atoms with Gasteiger partial charge in [-0.05, 0) is 43.5 Å². The van der Waals surface area contributed by atoms with Crippen molar-refractivity contribution < 1.29 is 4.79 Å². The van der Waals surface area contributed by atoms with Gasteiger partial charge in [0.25, 0.3) is 5.91 Å². The maximum Gasteiger partial charge on any atom is 0.270 e. The molecule has 0 spiro atoms. The molecular weight excluding hydrogens is 314 g/mol. The maximum absolute atomic E-state index is 12.6. The van der Waals surface area contributed by atoms with Crippen LogP contribution in [0.3, 0.4) is 0 Å². The van der Waals surface area contributed by atoms with Gasteiger partial charge >= 0.3 is 0 Å². The number of benzene rings is 1. The van der Waals surface area contributed by atoms with E-state index in [1.165, 1.54) is 0 Å². The van der Waals surface area contributed by atoms with Crippen LogP contribution in [0.2, 0.25) is 0 Å². The molecule has 3 aromatic rings. The molecule has 1 aliphatic carbocycles. The Bertz CT molecular complexity index is 886. The van der Waals surface area contributed by atoms with Crippen LogP contribution >= 0.6 is 0 Å². The number of para-hydroxylation sites is 1. The third-order valence-corrected chi connectivity index (χ3v) is 4.35. The van der Waals surface area contributed by atoms with Crippen molar-refractivity contribution >= 4 is 5.91 Å². The maximum atomic E-state index is 12.6. The van der Waals surface area contributed by atoms with Crippen molar-refractivity contribution in [1.29, 1.82) is 0 Å². The van der Waals surface area contributed by atoms with Gasteiger partial charge in [-0.2, -0.15) is 5.10 Å². The summed E-state index contributed by atoms with van der Waals surface area (Å²) < 4.78 is 1.80. The Morgan fingerprint density at radius 3 is 2.80 bits per heavy atom. The molecule has 25 heavy (non-hydrogen) atoms. The van der Waals surface area contributed by atoms with Gasteiger partial charge in [-0.15, -0.1) is 0 Å². The topological polar surface area (TPSA) is 72.7 Å². The van der Waals surface area contributed by atoms with Crippen molar-refractivity contribution in [2.75, 3.05) is 0 Å². The fourth-order valence-corrected chi connectivity index (χ4v) is 2.86. The first-order chi connectivity index (χ1) is 12.2. The lowest BCUT2D eigenvalue weighted by Crippen LogP contribution is -2.28. The van der Waals surface area contributed by atoms with Gasteiger partial charge in [-0.25, -0.2) is 14.6 Å². The molecule has 0 radical (unpaired) electrons. The summed E-state index contributed by atoms with van der Waals surface area (Å²) in [6, 6.07) is 11.3. The molecule has 2 heterocycles. The lowest BCUT2D eigenvalue weighted by Gasteiger charge is -2.18. The monoisotopic (exact) mass is 333 g/mol. The molecule has 2 aromatic heterocycles. The van der Waals surface area contributed by atoms with Crippen molar-refractivity contribution in [3.63, 3.8) is 0 Å². The molecular formula is C19H19N5O. The van der Waals surface area contributed by atoms with Crippen molar-refractivity contribution in [2.24, 2.45) is 0 Å². The van der Waals surface area contributed by atoms with Gasteiger partial charge in [0.15, 0.2) is 0 Å². The summed E-state index contributed by atoms with van der Waals surface area (Å²) in [4.78, 5) is 21.3. The fourth-order valence-electron chi connectivity index (χ4n) is 2.86. The summed E-state index contributed by atoms with van der Waals surface area (Å²) in [7, 11) is 0. The first-order valence-corrected chi connectivity index (χ1v) is 8.45. The molecule has 1 saturated carbocycles. The summed E-state index contributed by atoms with van der Waals surface area (Å²) in [5, 5.41) is 7.32. The number of carbonyl (C=O) groups is 1. The zero-order chi connectivity index (χ0) is 17.2. The number of hydrogen-bond donors (Lipinski definition) is 1. The number of hydrogen-bond acceptors (Lipinski definition) is 4. The van der Waals surface area contributed by atoms with Crippen LogP contribution < -0.4 is 5.32 Å². The molecule has 0 aliphatic heterocycles. The molecule has 1 aliphatic rings. The molecule has 1 atom stereocenters. The van der Waals surface area contributed by atoms with Gasteiger partial charge in [-0.1, -0.05) is 18.2 Å². The third kappa shape index (κ3) is 3.28. The standard InChI is InChI=1S/C19H19N5O/c1-13(15-5-2-3-6-17(15)24-12-4-10-21-24)22-19(25)16-9-11-20-18(23-16)14-7-8-14/h2-6,9-14H,7-8H2,1H3,(H,22,25). The minimum absolute atomic E-state index is 0.174. The van der Waals surface area contributed by atoms with Crippen LogP contribution in [0.1, 0.15) is 53.6 Å². The normalized spacial score (nSPS) is 14.9. The van der Waals surface area contributed by atoms with E-state index in [0.717, 1.165) is 29.9 Å². The number of rotatable bonds is 5. The van der Waals surface area contributed by atoms with Crippen molar-refractivity contribution in [2.45, 2.75) is 31.7 Å². The van der Waals surface area contributed by atoms with E-state index in [0.29, 0.717) is 11.6 Å².